The molecule has 134 valence electrons. The summed E-state index contributed by atoms with van der Waals surface area (Å²) in [5, 5.41) is 0.661. The largest absolute Gasteiger partial charge is 0.302 e. The lowest BCUT2D eigenvalue weighted by molar-refractivity contribution is 0.0977. The van der Waals surface area contributed by atoms with E-state index in [4.69, 9.17) is 23.2 Å². The van der Waals surface area contributed by atoms with Gasteiger partial charge < -0.3 is 4.57 Å². The molecule has 26 heavy (non-hydrogen) atoms. The van der Waals surface area contributed by atoms with E-state index in [-0.39, 0.29) is 10.6 Å². The molecule has 6 nitrogen and oxygen atoms in total. The molecule has 9 heteroatoms. The van der Waals surface area contributed by atoms with Crippen LogP contribution < -0.4 is 4.72 Å². The monoisotopic (exact) mass is 409 g/mol. The number of imidazole rings is 1. The van der Waals surface area contributed by atoms with Crippen LogP contribution in [-0.4, -0.2) is 23.9 Å². The predicted octanol–water partition coefficient (Wildman–Crippen LogP) is 3.61. The summed E-state index contributed by atoms with van der Waals surface area (Å²) in [6, 6.07) is 12.7. The van der Waals surface area contributed by atoms with Crippen LogP contribution in [0.2, 0.25) is 10.0 Å². The third-order valence-electron chi connectivity index (χ3n) is 3.59. The fraction of sp³-hybridized carbons (Fsp3) is 0.0588. The van der Waals surface area contributed by atoms with Crippen LogP contribution in [0.3, 0.4) is 0 Å². The first-order valence-corrected chi connectivity index (χ1v) is 9.66. The van der Waals surface area contributed by atoms with Gasteiger partial charge in [-0.3, -0.25) is 4.79 Å². The molecule has 1 aromatic heterocycles. The molecule has 3 aromatic rings. The van der Waals surface area contributed by atoms with Gasteiger partial charge in [-0.15, -0.1) is 0 Å². The lowest BCUT2D eigenvalue weighted by Gasteiger charge is -2.08. The van der Waals surface area contributed by atoms with Crippen molar-refractivity contribution in [3.05, 3.63) is 76.3 Å². The molecule has 1 heterocycles. The summed E-state index contributed by atoms with van der Waals surface area (Å²) < 4.78 is 28.1. The lowest BCUT2D eigenvalue weighted by Crippen LogP contribution is -2.30. The van der Waals surface area contributed by atoms with Crippen LogP contribution in [0.5, 0.6) is 0 Å². The smallest absolute Gasteiger partial charge is 0.285 e. The average molecular weight is 410 g/mol. The van der Waals surface area contributed by atoms with Crippen molar-refractivity contribution >= 4 is 39.1 Å². The Morgan fingerprint density at radius 2 is 1.77 bits per heavy atom. The zero-order chi connectivity index (χ0) is 18.9. The highest BCUT2D eigenvalue weighted by Gasteiger charge is 2.21. The molecule has 1 amide bonds. The minimum Gasteiger partial charge on any atom is -0.302 e. The van der Waals surface area contributed by atoms with Crippen LogP contribution in [0.25, 0.3) is 5.69 Å². The van der Waals surface area contributed by atoms with Gasteiger partial charge in [-0.2, -0.15) is 0 Å². The van der Waals surface area contributed by atoms with E-state index >= 15 is 0 Å². The van der Waals surface area contributed by atoms with Crippen LogP contribution >= 0.6 is 23.2 Å². The van der Waals surface area contributed by atoms with Crippen LogP contribution in [0.15, 0.2) is 59.6 Å². The highest BCUT2D eigenvalue weighted by molar-refractivity contribution is 7.90. The molecule has 0 bridgehead atoms. The molecule has 0 aliphatic carbocycles. The molecule has 0 saturated carbocycles. The number of benzene rings is 2. The minimum absolute atomic E-state index is 0.0117. The topological polar surface area (TPSA) is 81.1 Å². The number of sulfonamides is 1. The molecule has 2 aromatic carbocycles. The number of aryl methyl sites for hydroxylation is 1. The first kappa shape index (κ1) is 18.4. The van der Waals surface area contributed by atoms with Crippen LogP contribution in [0.1, 0.15) is 16.3 Å². The highest BCUT2D eigenvalue weighted by Crippen LogP contribution is 2.29. The van der Waals surface area contributed by atoms with E-state index < -0.39 is 15.9 Å². The summed E-state index contributed by atoms with van der Waals surface area (Å²) >= 11 is 12.2. The minimum atomic E-state index is -3.99. The number of aromatic nitrogens is 2. The first-order chi connectivity index (χ1) is 12.3. The summed E-state index contributed by atoms with van der Waals surface area (Å²) in [7, 11) is -3.99. The van der Waals surface area contributed by atoms with Crippen LogP contribution in [0.4, 0.5) is 0 Å². The first-order valence-electron chi connectivity index (χ1n) is 7.42. The van der Waals surface area contributed by atoms with E-state index in [0.29, 0.717) is 21.6 Å². The fourth-order valence-corrected chi connectivity index (χ4v) is 3.71. The highest BCUT2D eigenvalue weighted by atomic mass is 35.5. The molecular weight excluding hydrogens is 397 g/mol. The zero-order valence-electron chi connectivity index (χ0n) is 13.5. The lowest BCUT2D eigenvalue weighted by atomic mass is 10.3. The zero-order valence-corrected chi connectivity index (χ0v) is 15.8. The van der Waals surface area contributed by atoms with Crippen molar-refractivity contribution in [1.82, 2.24) is 14.3 Å². The Bertz CT molecular complexity index is 1080. The van der Waals surface area contributed by atoms with Gasteiger partial charge in [0, 0.05) is 6.20 Å². The summed E-state index contributed by atoms with van der Waals surface area (Å²) in [5.41, 5.74) is 0.479. The Morgan fingerprint density at radius 1 is 1.08 bits per heavy atom. The normalized spacial score (nSPS) is 11.3. The van der Waals surface area contributed by atoms with Crippen molar-refractivity contribution in [3.63, 3.8) is 0 Å². The number of hydrogen-bond donors (Lipinski definition) is 1. The molecule has 0 unspecified atom stereocenters. The number of amides is 1. The Hall–Kier alpha value is -2.35. The molecule has 3 rings (SSSR count). The molecule has 0 fully saturated rings. The standard InChI is InChI=1S/C17H13Cl2N3O3S/c1-11-20-14(10-22(11)15-9-5-8-13(18)16(15)19)17(23)21-26(24,25)12-6-3-2-4-7-12/h2-10H,1H3,(H,21,23). The van der Waals surface area contributed by atoms with Crippen molar-refractivity contribution in [2.24, 2.45) is 0 Å². The summed E-state index contributed by atoms with van der Waals surface area (Å²) in [6.07, 6.45) is 1.41. The van der Waals surface area contributed by atoms with Gasteiger partial charge in [-0.25, -0.2) is 18.1 Å². The van der Waals surface area contributed by atoms with E-state index in [1.54, 1.807) is 47.9 Å². The molecule has 0 aliphatic heterocycles. The van der Waals surface area contributed by atoms with Gasteiger partial charge in [0.2, 0.25) is 0 Å². The summed E-state index contributed by atoms with van der Waals surface area (Å²) in [6.45, 7) is 1.67. The number of nitrogens with one attached hydrogen (secondary N) is 1. The molecule has 0 aliphatic rings. The molecule has 1 N–H and O–H groups in total. The number of nitrogens with zero attached hydrogens (tertiary/aromatic N) is 2. The third kappa shape index (κ3) is 3.60. The second-order valence-corrected chi connectivity index (χ2v) is 7.83. The maximum absolute atomic E-state index is 12.4. The quantitative estimate of drug-likeness (QED) is 0.713. The Labute approximate surface area is 160 Å². The van der Waals surface area contributed by atoms with Crippen LogP contribution in [0, 0.1) is 6.92 Å². The molecule has 0 atom stereocenters. The van der Waals surface area contributed by atoms with Gasteiger partial charge in [0.15, 0.2) is 0 Å². The second kappa shape index (κ2) is 7.11. The van der Waals surface area contributed by atoms with E-state index in [1.807, 2.05) is 4.72 Å². The van der Waals surface area contributed by atoms with Gasteiger partial charge in [0.25, 0.3) is 15.9 Å². The maximum atomic E-state index is 12.4. The van der Waals surface area contributed by atoms with E-state index in [1.165, 1.54) is 18.3 Å². The van der Waals surface area contributed by atoms with Crippen molar-refractivity contribution < 1.29 is 13.2 Å². The van der Waals surface area contributed by atoms with Crippen molar-refractivity contribution in [1.29, 1.82) is 0 Å². The van der Waals surface area contributed by atoms with E-state index in [9.17, 15) is 13.2 Å². The number of carbonyl (C=O) groups excluding carboxylic acids is 1. The van der Waals surface area contributed by atoms with Gasteiger partial charge >= 0.3 is 0 Å². The fourth-order valence-electron chi connectivity index (χ4n) is 2.34. The SMILES string of the molecule is Cc1nc(C(=O)NS(=O)(=O)c2ccccc2)cn1-c1cccc(Cl)c1Cl. The van der Waals surface area contributed by atoms with Gasteiger partial charge in [-0.1, -0.05) is 47.5 Å². The van der Waals surface area contributed by atoms with Gasteiger partial charge in [0.1, 0.15) is 11.5 Å². The molecule has 0 spiro atoms. The number of carbonyl (C=O) groups is 1. The molecule has 0 saturated heterocycles. The van der Waals surface area contributed by atoms with Gasteiger partial charge in [-0.05, 0) is 31.2 Å². The number of rotatable bonds is 4. The molecule has 0 radical (unpaired) electrons. The predicted molar refractivity (Wildman–Crippen MR) is 99.4 cm³/mol. The molecular formula is C17H13Cl2N3O3S. The summed E-state index contributed by atoms with van der Waals surface area (Å²) in [5.74, 6) is -0.384. The summed E-state index contributed by atoms with van der Waals surface area (Å²) in [4.78, 5) is 16.5. The Balaban J connectivity index is 1.92. The average Bonchev–Trinajstić information content (AvgIpc) is 3.00. The van der Waals surface area contributed by atoms with Crippen molar-refractivity contribution in [2.45, 2.75) is 11.8 Å². The number of hydrogen-bond acceptors (Lipinski definition) is 4. The van der Waals surface area contributed by atoms with Crippen molar-refractivity contribution in [3.8, 4) is 5.69 Å². The van der Waals surface area contributed by atoms with Crippen molar-refractivity contribution in [2.75, 3.05) is 0 Å². The number of halogens is 2. The third-order valence-corrected chi connectivity index (χ3v) is 5.74. The maximum Gasteiger partial charge on any atom is 0.285 e. The van der Waals surface area contributed by atoms with Gasteiger partial charge in [0.05, 0.1) is 20.6 Å². The van der Waals surface area contributed by atoms with Crippen LogP contribution in [-0.2, 0) is 10.0 Å². The Morgan fingerprint density at radius 3 is 2.46 bits per heavy atom. The van der Waals surface area contributed by atoms with E-state index in [2.05, 4.69) is 4.98 Å². The second-order valence-electron chi connectivity index (χ2n) is 5.36. The Kier molecular flexibility index (Phi) is 5.04. The van der Waals surface area contributed by atoms with E-state index in [0.717, 1.165) is 0 Å².